The minimum Gasteiger partial charge on any atom is -0.493 e. The number of methoxy groups -OCH3 is 2. The Labute approximate surface area is 216 Å². The number of carbonyl (C=O) groups excluding carboxylic acids is 2. The van der Waals surface area contributed by atoms with E-state index in [0.717, 1.165) is 42.9 Å². The topological polar surface area (TPSA) is 92.7 Å². The van der Waals surface area contributed by atoms with Crippen LogP contribution in [0.1, 0.15) is 31.4 Å². The first kappa shape index (κ1) is 27.3. The van der Waals surface area contributed by atoms with Crippen molar-refractivity contribution in [1.82, 2.24) is 9.91 Å². The van der Waals surface area contributed by atoms with Crippen LogP contribution in [0.4, 0.5) is 15.3 Å². The first-order chi connectivity index (χ1) is 17.5. The molecule has 1 aliphatic rings. The summed E-state index contributed by atoms with van der Waals surface area (Å²) >= 11 is 1.19. The molecule has 36 heavy (non-hydrogen) atoms. The molecule has 0 fully saturated rings. The smallest absolute Gasteiger partial charge is 0.411 e. The van der Waals surface area contributed by atoms with E-state index in [-0.39, 0.29) is 11.8 Å². The molecular formula is C26H34N4O5S. The van der Waals surface area contributed by atoms with Crippen LogP contribution in [-0.2, 0) is 11.3 Å². The van der Waals surface area contributed by atoms with E-state index >= 15 is 0 Å². The summed E-state index contributed by atoms with van der Waals surface area (Å²) in [7, 11) is 3.17. The Morgan fingerprint density at radius 1 is 1.11 bits per heavy atom. The lowest BCUT2D eigenvalue weighted by molar-refractivity contribution is 0.153. The molecule has 9 nitrogen and oxygen atoms in total. The van der Waals surface area contributed by atoms with Gasteiger partial charge in [-0.2, -0.15) is 5.10 Å². The second-order valence-corrected chi connectivity index (χ2v) is 9.00. The fraction of sp³-hybridized carbons (Fsp3) is 0.423. The minimum absolute atomic E-state index is 0.134. The highest BCUT2D eigenvalue weighted by molar-refractivity contribution is 8.14. The van der Waals surface area contributed by atoms with Crippen LogP contribution in [0.2, 0.25) is 0 Å². The van der Waals surface area contributed by atoms with Crippen molar-refractivity contribution in [3.05, 3.63) is 53.6 Å². The summed E-state index contributed by atoms with van der Waals surface area (Å²) in [6.45, 7) is 7.71. The van der Waals surface area contributed by atoms with E-state index in [1.807, 2.05) is 36.4 Å². The molecule has 10 heteroatoms. The van der Waals surface area contributed by atoms with E-state index < -0.39 is 6.09 Å². The Morgan fingerprint density at radius 2 is 1.89 bits per heavy atom. The summed E-state index contributed by atoms with van der Waals surface area (Å²) in [6.07, 6.45) is 0.287. The van der Waals surface area contributed by atoms with Gasteiger partial charge in [0.05, 0.1) is 33.1 Å². The standard InChI is InChI=1S/C26H34N4O5S/c1-5-29(6-2)13-8-14-35-25(31)27-21-10-7-9-19(15-21)17-30-26(32)36-18-22(28-30)20-11-12-23(33-3)24(16-20)34-4/h7,9-12,15-16H,5-6,8,13-14,17-18H2,1-4H3,(H,27,31). The van der Waals surface area contributed by atoms with Crippen molar-refractivity contribution in [3.63, 3.8) is 0 Å². The Bertz CT molecular complexity index is 1070. The third-order valence-corrected chi connectivity index (χ3v) is 6.63. The predicted octanol–water partition coefficient (Wildman–Crippen LogP) is 5.06. The van der Waals surface area contributed by atoms with Crippen LogP contribution in [0, 0.1) is 0 Å². The van der Waals surface area contributed by atoms with Gasteiger partial charge in [-0.05, 0) is 55.4 Å². The van der Waals surface area contributed by atoms with Crippen LogP contribution in [0.15, 0.2) is 47.6 Å². The molecule has 1 aliphatic heterocycles. The Kier molecular flexibility index (Phi) is 10.4. The number of hydrazone groups is 1. The zero-order valence-corrected chi connectivity index (χ0v) is 22.1. The van der Waals surface area contributed by atoms with Crippen LogP contribution in [0.25, 0.3) is 0 Å². The van der Waals surface area contributed by atoms with E-state index in [0.29, 0.717) is 29.5 Å². The third kappa shape index (κ3) is 7.63. The first-order valence-electron chi connectivity index (χ1n) is 12.0. The van der Waals surface area contributed by atoms with E-state index in [2.05, 4.69) is 29.2 Å². The number of nitrogens with zero attached hydrogens (tertiary/aromatic N) is 3. The van der Waals surface area contributed by atoms with E-state index in [9.17, 15) is 9.59 Å². The number of hydrogen-bond acceptors (Lipinski definition) is 8. The number of thioether (sulfide) groups is 1. The van der Waals surface area contributed by atoms with E-state index in [1.54, 1.807) is 20.3 Å². The molecule has 2 amide bonds. The van der Waals surface area contributed by atoms with Gasteiger partial charge in [0, 0.05) is 23.5 Å². The molecule has 0 bridgehead atoms. The van der Waals surface area contributed by atoms with Gasteiger partial charge < -0.3 is 19.1 Å². The predicted molar refractivity (Wildman–Crippen MR) is 143 cm³/mol. The Hall–Kier alpha value is -3.24. The fourth-order valence-electron chi connectivity index (χ4n) is 3.74. The largest absolute Gasteiger partial charge is 0.493 e. The third-order valence-electron chi connectivity index (χ3n) is 5.75. The molecule has 0 saturated heterocycles. The van der Waals surface area contributed by atoms with E-state index in [4.69, 9.17) is 14.2 Å². The maximum Gasteiger partial charge on any atom is 0.411 e. The molecule has 0 radical (unpaired) electrons. The van der Waals surface area contributed by atoms with Gasteiger partial charge in [-0.15, -0.1) is 0 Å². The van der Waals surface area contributed by atoms with Gasteiger partial charge in [-0.3, -0.25) is 10.1 Å². The molecule has 2 aromatic rings. The van der Waals surface area contributed by atoms with Gasteiger partial charge in [0.2, 0.25) is 0 Å². The summed E-state index contributed by atoms with van der Waals surface area (Å²) in [4.78, 5) is 27.0. The highest BCUT2D eigenvalue weighted by Crippen LogP contribution is 2.30. The summed E-state index contributed by atoms with van der Waals surface area (Å²) in [5.74, 6) is 1.70. The molecule has 0 spiro atoms. The molecule has 0 aromatic heterocycles. The summed E-state index contributed by atoms with van der Waals surface area (Å²) in [6, 6.07) is 12.9. The van der Waals surface area contributed by atoms with Crippen LogP contribution < -0.4 is 14.8 Å². The van der Waals surface area contributed by atoms with Crippen molar-refractivity contribution >= 4 is 34.5 Å². The minimum atomic E-state index is -0.495. The van der Waals surface area contributed by atoms with Crippen molar-refractivity contribution in [1.29, 1.82) is 0 Å². The molecule has 0 atom stereocenters. The number of nitrogens with one attached hydrogen (secondary N) is 1. The van der Waals surface area contributed by atoms with Crippen LogP contribution in [0.5, 0.6) is 11.5 Å². The van der Waals surface area contributed by atoms with Gasteiger partial charge in [0.15, 0.2) is 11.5 Å². The number of benzene rings is 2. The quantitative estimate of drug-likeness (QED) is 0.396. The number of anilines is 1. The molecule has 1 heterocycles. The number of carbonyl (C=O) groups is 2. The molecule has 2 aromatic carbocycles. The lowest BCUT2D eigenvalue weighted by atomic mass is 10.1. The van der Waals surface area contributed by atoms with Crippen molar-refractivity contribution in [2.24, 2.45) is 5.10 Å². The van der Waals surface area contributed by atoms with Crippen molar-refractivity contribution < 1.29 is 23.8 Å². The lowest BCUT2D eigenvalue weighted by Crippen LogP contribution is -2.29. The fourth-order valence-corrected chi connectivity index (χ4v) is 4.48. The Morgan fingerprint density at radius 3 is 2.61 bits per heavy atom. The van der Waals surface area contributed by atoms with Crippen LogP contribution in [-0.4, -0.2) is 73.2 Å². The summed E-state index contributed by atoms with van der Waals surface area (Å²) in [5, 5.41) is 8.66. The lowest BCUT2D eigenvalue weighted by Gasteiger charge is -2.23. The van der Waals surface area contributed by atoms with Gasteiger partial charge in [-0.1, -0.05) is 37.7 Å². The van der Waals surface area contributed by atoms with Crippen molar-refractivity contribution in [2.45, 2.75) is 26.8 Å². The number of hydrogen-bond donors (Lipinski definition) is 1. The first-order valence-corrected chi connectivity index (χ1v) is 12.9. The molecule has 0 aliphatic carbocycles. The van der Waals surface area contributed by atoms with Gasteiger partial charge in [0.1, 0.15) is 0 Å². The molecule has 194 valence electrons. The van der Waals surface area contributed by atoms with Gasteiger partial charge >= 0.3 is 11.3 Å². The van der Waals surface area contributed by atoms with Gasteiger partial charge in [0.25, 0.3) is 0 Å². The summed E-state index contributed by atoms with van der Waals surface area (Å²) < 4.78 is 16.0. The van der Waals surface area contributed by atoms with E-state index in [1.165, 1.54) is 16.8 Å². The second kappa shape index (κ2) is 13.7. The van der Waals surface area contributed by atoms with Crippen LogP contribution in [0.3, 0.4) is 0 Å². The zero-order valence-electron chi connectivity index (χ0n) is 21.3. The molecular weight excluding hydrogens is 480 g/mol. The molecule has 1 N–H and O–H groups in total. The number of amides is 2. The van der Waals surface area contributed by atoms with Crippen LogP contribution >= 0.6 is 11.8 Å². The van der Waals surface area contributed by atoms with Crippen molar-refractivity contribution in [3.8, 4) is 11.5 Å². The second-order valence-electron chi connectivity index (χ2n) is 8.07. The van der Waals surface area contributed by atoms with Gasteiger partial charge in [-0.25, -0.2) is 9.80 Å². The average Bonchev–Trinajstić information content (AvgIpc) is 2.90. The summed E-state index contributed by atoms with van der Waals surface area (Å²) in [5.41, 5.74) is 3.06. The zero-order chi connectivity index (χ0) is 25.9. The molecule has 3 rings (SSSR count). The number of ether oxygens (including phenoxy) is 3. The molecule has 0 saturated carbocycles. The molecule has 0 unspecified atom stereocenters. The monoisotopic (exact) mass is 514 g/mol. The van der Waals surface area contributed by atoms with Crippen molar-refractivity contribution in [2.75, 3.05) is 51.5 Å². The highest BCUT2D eigenvalue weighted by Gasteiger charge is 2.23. The highest BCUT2D eigenvalue weighted by atomic mass is 32.2. The SMILES string of the molecule is CCN(CC)CCCOC(=O)Nc1cccc(CN2N=C(c3ccc(OC)c(OC)c3)CSC2=O)c1. The Balaban J connectivity index is 1.61. The average molecular weight is 515 g/mol. The maximum atomic E-state index is 12.5. The maximum absolute atomic E-state index is 12.5. The number of rotatable bonds is 12. The normalized spacial score (nSPS) is 13.4.